The van der Waals surface area contributed by atoms with Crippen molar-refractivity contribution in [3.63, 3.8) is 0 Å². The molecule has 5 heteroatoms. The predicted octanol–water partition coefficient (Wildman–Crippen LogP) is 2.15. The van der Waals surface area contributed by atoms with Crippen LogP contribution in [0.1, 0.15) is 16.6 Å². The van der Waals surface area contributed by atoms with Crippen LogP contribution in [0.15, 0.2) is 15.9 Å². The number of halogens is 1. The van der Waals surface area contributed by atoms with Crippen LogP contribution < -0.4 is 5.32 Å². The molecule has 1 heterocycles. The van der Waals surface area contributed by atoms with E-state index in [1.54, 1.807) is 13.0 Å². The Morgan fingerprint density at radius 1 is 1.85 bits per heavy atom. The lowest BCUT2D eigenvalue weighted by Gasteiger charge is -2.03. The van der Waals surface area contributed by atoms with Crippen LogP contribution in [-0.2, 0) is 0 Å². The van der Waals surface area contributed by atoms with E-state index in [0.717, 1.165) is 4.47 Å². The zero-order valence-electron chi connectivity index (χ0n) is 6.87. The van der Waals surface area contributed by atoms with Crippen molar-refractivity contribution in [3.05, 3.63) is 20.8 Å². The molecule has 0 spiro atoms. The van der Waals surface area contributed by atoms with Crippen molar-refractivity contribution in [2.45, 2.75) is 13.0 Å². The lowest BCUT2D eigenvalue weighted by Crippen LogP contribution is -2.30. The summed E-state index contributed by atoms with van der Waals surface area (Å²) in [6.45, 7) is 1.64. The molecule has 0 aliphatic heterocycles. The molecule has 13 heavy (non-hydrogen) atoms. The minimum atomic E-state index is -0.451. The third-order valence-electron chi connectivity index (χ3n) is 1.33. The summed E-state index contributed by atoms with van der Waals surface area (Å²) in [4.78, 5) is 12.0. The number of hydrogen-bond donors (Lipinski definition) is 1. The van der Waals surface area contributed by atoms with E-state index in [1.165, 1.54) is 11.3 Å². The first kappa shape index (κ1) is 10.2. The maximum absolute atomic E-state index is 11.4. The normalized spacial score (nSPS) is 11.8. The highest BCUT2D eigenvalue weighted by Crippen LogP contribution is 2.19. The maximum Gasteiger partial charge on any atom is 0.262 e. The van der Waals surface area contributed by atoms with Crippen molar-refractivity contribution in [2.75, 3.05) is 0 Å². The van der Waals surface area contributed by atoms with Crippen LogP contribution in [-0.4, -0.2) is 11.9 Å². The lowest BCUT2D eigenvalue weighted by molar-refractivity contribution is 0.0952. The molecular weight excluding hydrogens is 252 g/mol. The first-order valence-electron chi connectivity index (χ1n) is 3.58. The quantitative estimate of drug-likeness (QED) is 0.884. The molecule has 0 aromatic carbocycles. The number of carbonyl (C=O) groups excluding carboxylic acids is 1. The molecule has 1 N–H and O–H groups in total. The average molecular weight is 259 g/mol. The first-order valence-corrected chi connectivity index (χ1v) is 5.25. The van der Waals surface area contributed by atoms with Gasteiger partial charge >= 0.3 is 0 Å². The molecule has 1 amide bonds. The standard InChI is InChI=1S/C8H7BrN2OS/c1-5(3-10)11-8(12)7-2-6(9)4-13-7/h2,4-5H,1H3,(H,11,12)/t5-/m0/s1. The number of nitriles is 1. The van der Waals surface area contributed by atoms with E-state index in [9.17, 15) is 4.79 Å². The molecule has 0 aliphatic rings. The SMILES string of the molecule is C[C@@H](C#N)NC(=O)c1cc(Br)cs1. The highest BCUT2D eigenvalue weighted by molar-refractivity contribution is 9.10. The Hall–Kier alpha value is -0.860. The fourth-order valence-corrected chi connectivity index (χ4v) is 2.06. The van der Waals surface area contributed by atoms with Crippen LogP contribution in [0.25, 0.3) is 0 Å². The third-order valence-corrected chi connectivity index (χ3v) is 3.02. The van der Waals surface area contributed by atoms with Crippen LogP contribution in [0.5, 0.6) is 0 Å². The molecule has 0 saturated heterocycles. The van der Waals surface area contributed by atoms with Crippen LogP contribution in [0.2, 0.25) is 0 Å². The number of carbonyl (C=O) groups is 1. The van der Waals surface area contributed by atoms with E-state index in [1.807, 2.05) is 11.4 Å². The Kier molecular flexibility index (Phi) is 3.46. The summed E-state index contributed by atoms with van der Waals surface area (Å²) < 4.78 is 0.882. The van der Waals surface area contributed by atoms with E-state index >= 15 is 0 Å². The van der Waals surface area contributed by atoms with Gasteiger partial charge in [-0.1, -0.05) is 0 Å². The molecule has 0 saturated carbocycles. The van der Waals surface area contributed by atoms with Gasteiger partial charge in [0, 0.05) is 9.85 Å². The van der Waals surface area contributed by atoms with Crippen LogP contribution in [0.3, 0.4) is 0 Å². The molecule has 0 fully saturated rings. The van der Waals surface area contributed by atoms with Crippen molar-refractivity contribution in [3.8, 4) is 6.07 Å². The van der Waals surface area contributed by atoms with Gasteiger partial charge in [-0.2, -0.15) is 5.26 Å². The number of nitrogens with zero attached hydrogens (tertiary/aromatic N) is 1. The van der Waals surface area contributed by atoms with Gasteiger partial charge in [0.05, 0.1) is 10.9 Å². The second-order valence-corrected chi connectivity index (χ2v) is 4.28. The molecule has 1 rings (SSSR count). The molecule has 0 radical (unpaired) electrons. The summed E-state index contributed by atoms with van der Waals surface area (Å²) >= 11 is 4.59. The van der Waals surface area contributed by atoms with Gasteiger partial charge in [0.15, 0.2) is 0 Å². The Morgan fingerprint density at radius 3 is 3.00 bits per heavy atom. The summed E-state index contributed by atoms with van der Waals surface area (Å²) in [6.07, 6.45) is 0. The number of rotatable bonds is 2. The van der Waals surface area contributed by atoms with Gasteiger partial charge in [-0.05, 0) is 28.9 Å². The van der Waals surface area contributed by atoms with Crippen molar-refractivity contribution in [2.24, 2.45) is 0 Å². The van der Waals surface area contributed by atoms with Crippen LogP contribution in [0, 0.1) is 11.3 Å². The molecule has 0 bridgehead atoms. The Labute approximate surface area is 88.5 Å². The highest BCUT2D eigenvalue weighted by Gasteiger charge is 2.10. The van der Waals surface area contributed by atoms with Gasteiger partial charge in [-0.25, -0.2) is 0 Å². The summed E-state index contributed by atoms with van der Waals surface area (Å²) in [5.74, 6) is -0.204. The zero-order chi connectivity index (χ0) is 9.84. The number of hydrogen-bond acceptors (Lipinski definition) is 3. The minimum absolute atomic E-state index is 0.204. The fraction of sp³-hybridized carbons (Fsp3) is 0.250. The summed E-state index contributed by atoms with van der Waals surface area (Å²) in [5.41, 5.74) is 0. The summed E-state index contributed by atoms with van der Waals surface area (Å²) in [5, 5.41) is 12.8. The number of thiophene rings is 1. The van der Waals surface area contributed by atoms with Gasteiger partial charge in [0.2, 0.25) is 0 Å². The maximum atomic E-state index is 11.4. The van der Waals surface area contributed by atoms with E-state index in [2.05, 4.69) is 21.2 Å². The molecule has 1 aromatic rings. The van der Waals surface area contributed by atoms with Crippen molar-refractivity contribution < 1.29 is 4.79 Å². The Balaban J connectivity index is 2.65. The minimum Gasteiger partial charge on any atom is -0.336 e. The lowest BCUT2D eigenvalue weighted by atomic mass is 10.3. The van der Waals surface area contributed by atoms with E-state index < -0.39 is 6.04 Å². The molecule has 0 aliphatic carbocycles. The Bertz CT molecular complexity index is 355. The largest absolute Gasteiger partial charge is 0.336 e. The average Bonchev–Trinajstić information content (AvgIpc) is 2.51. The van der Waals surface area contributed by atoms with Gasteiger partial charge in [-0.3, -0.25) is 4.79 Å². The molecular formula is C8H7BrN2OS. The smallest absolute Gasteiger partial charge is 0.262 e. The van der Waals surface area contributed by atoms with Gasteiger partial charge in [-0.15, -0.1) is 11.3 Å². The van der Waals surface area contributed by atoms with Crippen LogP contribution >= 0.6 is 27.3 Å². The zero-order valence-corrected chi connectivity index (χ0v) is 9.28. The van der Waals surface area contributed by atoms with Gasteiger partial charge in [0.1, 0.15) is 6.04 Å². The van der Waals surface area contributed by atoms with Crippen LogP contribution in [0.4, 0.5) is 0 Å². The van der Waals surface area contributed by atoms with E-state index in [4.69, 9.17) is 5.26 Å². The summed E-state index contributed by atoms with van der Waals surface area (Å²) in [6, 6.07) is 3.21. The fourth-order valence-electron chi connectivity index (χ4n) is 0.732. The van der Waals surface area contributed by atoms with Gasteiger partial charge < -0.3 is 5.32 Å². The molecule has 1 aromatic heterocycles. The molecule has 0 unspecified atom stereocenters. The second-order valence-electron chi connectivity index (χ2n) is 2.45. The highest BCUT2D eigenvalue weighted by atomic mass is 79.9. The molecule has 68 valence electrons. The molecule has 1 atom stereocenters. The number of amides is 1. The Morgan fingerprint density at radius 2 is 2.54 bits per heavy atom. The predicted molar refractivity (Wildman–Crippen MR) is 54.6 cm³/mol. The topological polar surface area (TPSA) is 52.9 Å². The van der Waals surface area contributed by atoms with Gasteiger partial charge in [0.25, 0.3) is 5.91 Å². The summed E-state index contributed by atoms with van der Waals surface area (Å²) in [7, 11) is 0. The van der Waals surface area contributed by atoms with E-state index in [0.29, 0.717) is 4.88 Å². The van der Waals surface area contributed by atoms with E-state index in [-0.39, 0.29) is 5.91 Å². The second kappa shape index (κ2) is 4.40. The van der Waals surface area contributed by atoms with Crippen molar-refractivity contribution in [1.29, 1.82) is 5.26 Å². The van der Waals surface area contributed by atoms with Crippen molar-refractivity contribution >= 4 is 33.2 Å². The third kappa shape index (κ3) is 2.83. The monoisotopic (exact) mass is 258 g/mol. The first-order chi connectivity index (χ1) is 6.13. The van der Waals surface area contributed by atoms with Crippen molar-refractivity contribution in [1.82, 2.24) is 5.32 Å². The molecule has 3 nitrogen and oxygen atoms in total. The number of nitrogens with one attached hydrogen (secondary N) is 1.